The Morgan fingerprint density at radius 2 is 2.16 bits per heavy atom. The number of benzene rings is 1. The molecule has 1 aliphatic heterocycles. The second-order valence-electron chi connectivity index (χ2n) is 5.98. The Hall–Kier alpha value is -2.32. The molecule has 1 atom stereocenters. The third-order valence-electron chi connectivity index (χ3n) is 4.00. The number of piperidine rings is 1. The lowest BCUT2D eigenvalue weighted by Crippen LogP contribution is -2.45. The molecule has 1 aliphatic rings. The predicted octanol–water partition coefficient (Wildman–Crippen LogP) is 1.18. The lowest BCUT2D eigenvalue weighted by atomic mass is 9.94. The van der Waals surface area contributed by atoms with Gasteiger partial charge in [-0.2, -0.15) is 0 Å². The zero-order chi connectivity index (χ0) is 17.8. The van der Waals surface area contributed by atoms with Crippen molar-refractivity contribution in [1.29, 1.82) is 0 Å². The molecule has 2 heterocycles. The minimum Gasteiger partial charge on any atom is -0.351 e. The standard InChI is InChI=1S/C17H19BN4O2S/c18-11-4-1-3-10(7-11)14-8-13(22-17(19)24)15(25-14)16(23)21-12-5-2-6-20-9-12/h1,3-4,7-8,12,20H,2,5-6,9H2,(H,21,23)(H3,19,22,24)/t12-/m0/s1. The van der Waals surface area contributed by atoms with E-state index in [0.717, 1.165) is 36.4 Å². The van der Waals surface area contributed by atoms with Crippen molar-refractivity contribution in [2.45, 2.75) is 18.9 Å². The van der Waals surface area contributed by atoms with Crippen molar-refractivity contribution in [3.8, 4) is 10.4 Å². The molecule has 1 saturated heterocycles. The van der Waals surface area contributed by atoms with E-state index in [0.29, 0.717) is 16.0 Å². The van der Waals surface area contributed by atoms with E-state index >= 15 is 0 Å². The fourth-order valence-corrected chi connectivity index (χ4v) is 3.86. The molecule has 0 bridgehead atoms. The van der Waals surface area contributed by atoms with E-state index < -0.39 is 6.03 Å². The number of hydrogen-bond donors (Lipinski definition) is 4. The lowest BCUT2D eigenvalue weighted by Gasteiger charge is -2.23. The van der Waals surface area contributed by atoms with E-state index in [1.165, 1.54) is 11.3 Å². The smallest absolute Gasteiger partial charge is 0.316 e. The third kappa shape index (κ3) is 4.40. The lowest BCUT2D eigenvalue weighted by molar-refractivity contribution is 0.0935. The highest BCUT2D eigenvalue weighted by molar-refractivity contribution is 7.18. The Morgan fingerprint density at radius 3 is 2.84 bits per heavy atom. The van der Waals surface area contributed by atoms with Crippen molar-refractivity contribution in [2.24, 2.45) is 5.73 Å². The van der Waals surface area contributed by atoms with Crippen LogP contribution < -0.4 is 27.1 Å². The average Bonchev–Trinajstić information content (AvgIpc) is 2.99. The van der Waals surface area contributed by atoms with E-state index in [1.807, 2.05) is 18.2 Å². The fraction of sp³-hybridized carbons (Fsp3) is 0.294. The Balaban J connectivity index is 1.87. The van der Waals surface area contributed by atoms with Crippen molar-refractivity contribution >= 4 is 42.3 Å². The highest BCUT2D eigenvalue weighted by Gasteiger charge is 2.22. The molecule has 0 saturated carbocycles. The van der Waals surface area contributed by atoms with Crippen LogP contribution in [0.3, 0.4) is 0 Å². The van der Waals surface area contributed by atoms with E-state index in [1.54, 1.807) is 12.1 Å². The molecule has 5 N–H and O–H groups in total. The summed E-state index contributed by atoms with van der Waals surface area (Å²) in [6, 6.07) is 8.50. The van der Waals surface area contributed by atoms with E-state index in [2.05, 4.69) is 16.0 Å². The minimum atomic E-state index is -0.703. The van der Waals surface area contributed by atoms with Crippen LogP contribution in [0.1, 0.15) is 22.5 Å². The zero-order valence-electron chi connectivity index (χ0n) is 13.7. The molecule has 1 aromatic heterocycles. The normalized spacial score (nSPS) is 17.0. The van der Waals surface area contributed by atoms with Crippen molar-refractivity contribution in [2.75, 3.05) is 18.4 Å². The second-order valence-corrected chi connectivity index (χ2v) is 7.04. The molecule has 25 heavy (non-hydrogen) atoms. The quantitative estimate of drug-likeness (QED) is 0.621. The summed E-state index contributed by atoms with van der Waals surface area (Å²) in [7, 11) is 5.83. The van der Waals surface area contributed by atoms with E-state index in [9.17, 15) is 9.59 Å². The first kappa shape index (κ1) is 17.5. The first-order chi connectivity index (χ1) is 12.0. The van der Waals surface area contributed by atoms with Gasteiger partial charge in [-0.25, -0.2) is 4.79 Å². The Kier molecular flexibility index (Phi) is 5.40. The highest BCUT2D eigenvalue weighted by Crippen LogP contribution is 2.34. The van der Waals surface area contributed by atoms with Gasteiger partial charge in [-0.1, -0.05) is 29.7 Å². The number of rotatable bonds is 4. The summed E-state index contributed by atoms with van der Waals surface area (Å²) >= 11 is 1.30. The molecule has 0 spiro atoms. The number of carbonyl (C=O) groups excluding carboxylic acids is 2. The molecule has 8 heteroatoms. The molecule has 0 unspecified atom stereocenters. The molecule has 6 nitrogen and oxygen atoms in total. The van der Waals surface area contributed by atoms with Crippen LogP contribution >= 0.6 is 11.3 Å². The molecule has 2 radical (unpaired) electrons. The van der Waals surface area contributed by atoms with Crippen LogP contribution in [-0.4, -0.2) is 38.9 Å². The molecule has 3 amide bonds. The average molecular weight is 354 g/mol. The van der Waals surface area contributed by atoms with Gasteiger partial charge in [0.25, 0.3) is 5.91 Å². The number of anilines is 1. The molecule has 1 aromatic carbocycles. The number of primary amides is 1. The van der Waals surface area contributed by atoms with Gasteiger partial charge in [0, 0.05) is 17.5 Å². The maximum atomic E-state index is 12.7. The van der Waals surface area contributed by atoms with Gasteiger partial charge in [0.05, 0.1) is 5.69 Å². The summed E-state index contributed by atoms with van der Waals surface area (Å²) in [4.78, 5) is 25.2. The minimum absolute atomic E-state index is 0.0839. The largest absolute Gasteiger partial charge is 0.351 e. The molecule has 3 rings (SSSR count). The van der Waals surface area contributed by atoms with Crippen LogP contribution in [0, 0.1) is 0 Å². The van der Waals surface area contributed by atoms with Gasteiger partial charge in [-0.3, -0.25) is 4.79 Å². The second kappa shape index (κ2) is 7.71. The van der Waals surface area contributed by atoms with Gasteiger partial charge in [0.15, 0.2) is 0 Å². The van der Waals surface area contributed by atoms with E-state index in [-0.39, 0.29) is 11.9 Å². The molecule has 2 aromatic rings. The molecular formula is C17H19BN4O2S. The maximum Gasteiger partial charge on any atom is 0.316 e. The van der Waals surface area contributed by atoms with Crippen molar-refractivity contribution in [3.63, 3.8) is 0 Å². The topological polar surface area (TPSA) is 96.2 Å². The zero-order valence-corrected chi connectivity index (χ0v) is 14.5. The van der Waals surface area contributed by atoms with Gasteiger partial charge in [-0.15, -0.1) is 11.3 Å². The number of carbonyl (C=O) groups is 2. The maximum absolute atomic E-state index is 12.7. The monoisotopic (exact) mass is 354 g/mol. The Labute approximate surface area is 151 Å². The first-order valence-electron chi connectivity index (χ1n) is 8.10. The summed E-state index contributed by atoms with van der Waals surface area (Å²) in [6.45, 7) is 1.72. The van der Waals surface area contributed by atoms with Crippen LogP contribution in [0.4, 0.5) is 10.5 Å². The van der Waals surface area contributed by atoms with Crippen LogP contribution in [0.25, 0.3) is 10.4 Å². The van der Waals surface area contributed by atoms with Crippen molar-refractivity contribution in [3.05, 3.63) is 35.2 Å². The summed E-state index contributed by atoms with van der Waals surface area (Å²) in [5.74, 6) is -0.211. The summed E-state index contributed by atoms with van der Waals surface area (Å²) < 4.78 is 0. The Bertz CT molecular complexity index is 787. The van der Waals surface area contributed by atoms with E-state index in [4.69, 9.17) is 13.6 Å². The number of urea groups is 1. The van der Waals surface area contributed by atoms with Crippen LogP contribution in [-0.2, 0) is 0 Å². The molecule has 1 fully saturated rings. The third-order valence-corrected chi connectivity index (χ3v) is 5.18. The number of thiophene rings is 1. The van der Waals surface area contributed by atoms with Crippen LogP contribution in [0.5, 0.6) is 0 Å². The SMILES string of the molecule is [B]c1cccc(-c2cc(NC(N)=O)c(C(=O)N[C@H]3CCCNC3)s2)c1. The number of hydrogen-bond acceptors (Lipinski definition) is 4. The molecular weight excluding hydrogens is 335 g/mol. The van der Waals surface area contributed by atoms with Crippen molar-refractivity contribution in [1.82, 2.24) is 10.6 Å². The van der Waals surface area contributed by atoms with Crippen molar-refractivity contribution < 1.29 is 9.59 Å². The summed E-state index contributed by atoms with van der Waals surface area (Å²) in [6.07, 6.45) is 1.96. The molecule has 128 valence electrons. The number of nitrogens with two attached hydrogens (primary N) is 1. The Morgan fingerprint density at radius 1 is 1.32 bits per heavy atom. The first-order valence-corrected chi connectivity index (χ1v) is 8.92. The van der Waals surface area contributed by atoms with Gasteiger partial charge in [0.2, 0.25) is 0 Å². The summed E-state index contributed by atoms with van der Waals surface area (Å²) in [5, 5.41) is 8.82. The summed E-state index contributed by atoms with van der Waals surface area (Å²) in [5.41, 5.74) is 7.17. The van der Waals surface area contributed by atoms with Gasteiger partial charge >= 0.3 is 6.03 Å². The van der Waals surface area contributed by atoms with Crippen LogP contribution in [0.15, 0.2) is 30.3 Å². The molecule has 0 aliphatic carbocycles. The van der Waals surface area contributed by atoms with Crippen LogP contribution in [0.2, 0.25) is 0 Å². The highest BCUT2D eigenvalue weighted by atomic mass is 32.1. The van der Waals surface area contributed by atoms with Gasteiger partial charge in [-0.05, 0) is 31.0 Å². The predicted molar refractivity (Wildman–Crippen MR) is 102 cm³/mol. The fourth-order valence-electron chi connectivity index (χ4n) is 2.85. The van der Waals surface area contributed by atoms with Gasteiger partial charge < -0.3 is 21.7 Å². The number of nitrogens with one attached hydrogen (secondary N) is 3. The van der Waals surface area contributed by atoms with Gasteiger partial charge in [0.1, 0.15) is 12.7 Å². The number of amides is 3.